The van der Waals surface area contributed by atoms with E-state index < -0.39 is 0 Å². The molecule has 4 heteroatoms. The monoisotopic (exact) mass is 236 g/mol. The van der Waals surface area contributed by atoms with E-state index in [1.807, 2.05) is 0 Å². The van der Waals surface area contributed by atoms with Crippen LogP contribution in [0, 0.1) is 0 Å². The summed E-state index contributed by atoms with van der Waals surface area (Å²) in [7, 11) is 0. The minimum absolute atomic E-state index is 0.216. The van der Waals surface area contributed by atoms with Gasteiger partial charge in [-0.15, -0.1) is 0 Å². The second-order valence-corrected chi connectivity index (χ2v) is 4.17. The number of aromatic hydroxyl groups is 1. The molecular weight excluding hydrogens is 220 g/mol. The van der Waals surface area contributed by atoms with Gasteiger partial charge in [-0.25, -0.2) is 0 Å². The van der Waals surface area contributed by atoms with Crippen molar-refractivity contribution in [3.63, 3.8) is 0 Å². The summed E-state index contributed by atoms with van der Waals surface area (Å²) in [6.07, 6.45) is 1.25. The van der Waals surface area contributed by atoms with E-state index in [1.54, 1.807) is 24.3 Å². The highest BCUT2D eigenvalue weighted by molar-refractivity contribution is 5.66. The molecule has 0 amide bonds. The Morgan fingerprint density at radius 3 is 2.76 bits per heavy atom. The molecule has 0 aliphatic carbocycles. The molecule has 1 N–H and O–H groups in total. The molecule has 1 heterocycles. The molecule has 1 aliphatic heterocycles. The van der Waals surface area contributed by atoms with E-state index in [0.29, 0.717) is 6.61 Å². The Morgan fingerprint density at radius 2 is 2.12 bits per heavy atom. The number of phenols is 1. The van der Waals surface area contributed by atoms with E-state index in [0.717, 1.165) is 18.4 Å². The molecule has 17 heavy (non-hydrogen) atoms. The third kappa shape index (κ3) is 2.97. The maximum atomic E-state index is 11.0. The number of benzene rings is 1. The molecule has 2 unspecified atom stereocenters. The van der Waals surface area contributed by atoms with Gasteiger partial charge in [0.25, 0.3) is 0 Å². The number of hydrogen-bond donors (Lipinski definition) is 1. The number of esters is 1. The van der Waals surface area contributed by atoms with Gasteiger partial charge in [-0.05, 0) is 30.5 Å². The van der Waals surface area contributed by atoms with Crippen molar-refractivity contribution >= 4 is 5.97 Å². The molecule has 1 saturated heterocycles. The Labute approximate surface area is 100 Å². The molecule has 0 bridgehead atoms. The van der Waals surface area contributed by atoms with Crippen LogP contribution < -0.4 is 0 Å². The number of phenolic OH excluding ortho intramolecular Hbond substituents is 1. The first-order chi connectivity index (χ1) is 8.16. The summed E-state index contributed by atoms with van der Waals surface area (Å²) in [5, 5.41) is 9.24. The Hall–Kier alpha value is -1.55. The fourth-order valence-electron chi connectivity index (χ4n) is 2.06. The van der Waals surface area contributed by atoms with Crippen molar-refractivity contribution in [2.75, 3.05) is 6.61 Å². The van der Waals surface area contributed by atoms with Gasteiger partial charge in [0.05, 0.1) is 0 Å². The molecule has 0 aromatic heterocycles. The van der Waals surface area contributed by atoms with E-state index in [4.69, 9.17) is 9.47 Å². The summed E-state index contributed by atoms with van der Waals surface area (Å²) in [6, 6.07) is 6.81. The molecule has 1 aliphatic rings. The number of hydrogen-bond acceptors (Lipinski definition) is 4. The van der Waals surface area contributed by atoms with Crippen LogP contribution in [0.5, 0.6) is 5.75 Å². The molecule has 1 aromatic carbocycles. The predicted octanol–water partition coefficient (Wildman–Crippen LogP) is 2.18. The summed E-state index contributed by atoms with van der Waals surface area (Å²) >= 11 is 0. The Balaban J connectivity index is 2.15. The standard InChI is InChI=1S/C13H16O4/c1-9(14)17-12-3-2-8-16-13(12)10-4-6-11(15)7-5-10/h4-7,12-13,15H,2-3,8H2,1H3. The lowest BCUT2D eigenvalue weighted by molar-refractivity contribution is -0.161. The van der Waals surface area contributed by atoms with Crippen molar-refractivity contribution in [3.8, 4) is 5.75 Å². The van der Waals surface area contributed by atoms with Gasteiger partial charge >= 0.3 is 5.97 Å². The van der Waals surface area contributed by atoms with Crippen molar-refractivity contribution in [2.45, 2.75) is 32.0 Å². The molecular formula is C13H16O4. The SMILES string of the molecule is CC(=O)OC1CCCOC1c1ccc(O)cc1. The zero-order valence-corrected chi connectivity index (χ0v) is 9.76. The zero-order chi connectivity index (χ0) is 12.3. The van der Waals surface area contributed by atoms with Crippen LogP contribution >= 0.6 is 0 Å². The minimum atomic E-state index is -0.288. The molecule has 1 fully saturated rings. The largest absolute Gasteiger partial charge is 0.508 e. The average molecular weight is 236 g/mol. The van der Waals surface area contributed by atoms with Gasteiger partial charge in [0.2, 0.25) is 0 Å². The maximum Gasteiger partial charge on any atom is 0.303 e. The predicted molar refractivity (Wildman–Crippen MR) is 61.6 cm³/mol. The smallest absolute Gasteiger partial charge is 0.303 e. The van der Waals surface area contributed by atoms with Crippen LogP contribution in [0.3, 0.4) is 0 Å². The van der Waals surface area contributed by atoms with Gasteiger partial charge in [-0.3, -0.25) is 4.79 Å². The molecule has 4 nitrogen and oxygen atoms in total. The highest BCUT2D eigenvalue weighted by atomic mass is 16.6. The van der Waals surface area contributed by atoms with Crippen molar-refractivity contribution in [1.29, 1.82) is 0 Å². The first-order valence-electron chi connectivity index (χ1n) is 5.74. The topological polar surface area (TPSA) is 55.8 Å². The summed E-state index contributed by atoms with van der Waals surface area (Å²) in [5.41, 5.74) is 0.925. The summed E-state index contributed by atoms with van der Waals surface area (Å²) in [4.78, 5) is 11.0. The van der Waals surface area contributed by atoms with Gasteiger partial charge in [0.15, 0.2) is 0 Å². The first-order valence-corrected chi connectivity index (χ1v) is 5.74. The lowest BCUT2D eigenvalue weighted by Gasteiger charge is -2.31. The Kier molecular flexibility index (Phi) is 3.64. The van der Waals surface area contributed by atoms with Crippen LogP contribution in [-0.4, -0.2) is 23.8 Å². The summed E-state index contributed by atoms with van der Waals surface area (Å²) in [5.74, 6) is -0.0714. The lowest BCUT2D eigenvalue weighted by atomic mass is 9.98. The van der Waals surface area contributed by atoms with Crippen molar-refractivity contribution < 1.29 is 19.4 Å². The van der Waals surface area contributed by atoms with Crippen LogP contribution in [0.15, 0.2) is 24.3 Å². The van der Waals surface area contributed by atoms with Crippen LogP contribution in [0.25, 0.3) is 0 Å². The van der Waals surface area contributed by atoms with Crippen LogP contribution in [0.1, 0.15) is 31.4 Å². The zero-order valence-electron chi connectivity index (χ0n) is 9.76. The Morgan fingerprint density at radius 1 is 1.41 bits per heavy atom. The number of carbonyl (C=O) groups excluding carboxylic acids is 1. The third-order valence-corrected chi connectivity index (χ3v) is 2.81. The van der Waals surface area contributed by atoms with E-state index >= 15 is 0 Å². The number of carbonyl (C=O) groups is 1. The molecule has 2 atom stereocenters. The van der Waals surface area contributed by atoms with Gasteiger partial charge in [-0.1, -0.05) is 12.1 Å². The van der Waals surface area contributed by atoms with E-state index in [1.165, 1.54) is 6.92 Å². The molecule has 92 valence electrons. The minimum Gasteiger partial charge on any atom is -0.508 e. The molecule has 0 saturated carbocycles. The molecule has 0 spiro atoms. The summed E-state index contributed by atoms with van der Waals surface area (Å²) in [6.45, 7) is 2.08. The van der Waals surface area contributed by atoms with Gasteiger partial charge in [0.1, 0.15) is 18.0 Å². The normalized spacial score (nSPS) is 24.3. The second kappa shape index (κ2) is 5.19. The van der Waals surface area contributed by atoms with Crippen LogP contribution in [0.2, 0.25) is 0 Å². The quantitative estimate of drug-likeness (QED) is 0.799. The van der Waals surface area contributed by atoms with E-state index in [2.05, 4.69) is 0 Å². The average Bonchev–Trinajstić information content (AvgIpc) is 2.30. The van der Waals surface area contributed by atoms with Gasteiger partial charge in [0, 0.05) is 13.5 Å². The molecule has 2 rings (SSSR count). The van der Waals surface area contributed by atoms with Crippen LogP contribution in [0.4, 0.5) is 0 Å². The second-order valence-electron chi connectivity index (χ2n) is 4.17. The fourth-order valence-corrected chi connectivity index (χ4v) is 2.06. The highest BCUT2D eigenvalue weighted by Crippen LogP contribution is 2.31. The van der Waals surface area contributed by atoms with Gasteiger partial charge in [-0.2, -0.15) is 0 Å². The summed E-state index contributed by atoms with van der Waals surface area (Å²) < 4.78 is 10.9. The van der Waals surface area contributed by atoms with E-state index in [9.17, 15) is 9.90 Å². The van der Waals surface area contributed by atoms with Gasteiger partial charge < -0.3 is 14.6 Å². The van der Waals surface area contributed by atoms with Crippen molar-refractivity contribution in [1.82, 2.24) is 0 Å². The number of rotatable bonds is 2. The van der Waals surface area contributed by atoms with Crippen LogP contribution in [-0.2, 0) is 14.3 Å². The fraction of sp³-hybridized carbons (Fsp3) is 0.462. The highest BCUT2D eigenvalue weighted by Gasteiger charge is 2.29. The first kappa shape index (κ1) is 11.9. The molecule has 1 aromatic rings. The number of ether oxygens (including phenoxy) is 2. The maximum absolute atomic E-state index is 11.0. The third-order valence-electron chi connectivity index (χ3n) is 2.81. The van der Waals surface area contributed by atoms with Crippen molar-refractivity contribution in [2.24, 2.45) is 0 Å². The Bertz CT molecular complexity index is 385. The lowest BCUT2D eigenvalue weighted by Crippen LogP contribution is -2.31. The van der Waals surface area contributed by atoms with Crippen molar-refractivity contribution in [3.05, 3.63) is 29.8 Å². The molecule has 0 radical (unpaired) electrons. The van der Waals surface area contributed by atoms with E-state index in [-0.39, 0.29) is 23.9 Å².